The number of ketones is 1. The smallest absolute Gasteiger partial charge is 0.172 e. The van der Waals surface area contributed by atoms with E-state index >= 15 is 0 Å². The molecule has 0 aromatic heterocycles. The summed E-state index contributed by atoms with van der Waals surface area (Å²) in [4.78, 5) is 12.3. The minimum absolute atomic E-state index is 0.169. The molecule has 1 aliphatic rings. The number of unbranched alkanes of at least 4 members (excludes halogenated alkanes) is 5. The number of para-hydroxylation sites is 1. The topological polar surface area (TPSA) is 35.5 Å². The van der Waals surface area contributed by atoms with Crippen LogP contribution in [-0.4, -0.2) is 19.0 Å². The van der Waals surface area contributed by atoms with E-state index in [0.717, 1.165) is 12.8 Å². The van der Waals surface area contributed by atoms with Crippen molar-refractivity contribution in [3.63, 3.8) is 0 Å². The second-order valence-electron chi connectivity index (χ2n) is 5.27. The molecule has 0 radical (unpaired) electrons. The Bertz CT molecular complexity index is 440. The van der Waals surface area contributed by atoms with E-state index in [4.69, 9.17) is 9.47 Å². The maximum atomic E-state index is 12.3. The third-order valence-corrected chi connectivity index (χ3v) is 3.62. The Hall–Kier alpha value is -1.51. The lowest BCUT2D eigenvalue weighted by Crippen LogP contribution is -2.17. The molecule has 110 valence electrons. The largest absolute Gasteiger partial charge is 0.486 e. The molecule has 0 unspecified atom stereocenters. The van der Waals surface area contributed by atoms with Crippen LogP contribution in [0.25, 0.3) is 0 Å². The van der Waals surface area contributed by atoms with E-state index < -0.39 is 0 Å². The van der Waals surface area contributed by atoms with Gasteiger partial charge in [0.1, 0.15) is 13.2 Å². The molecule has 0 bridgehead atoms. The zero-order valence-corrected chi connectivity index (χ0v) is 12.3. The summed E-state index contributed by atoms with van der Waals surface area (Å²) in [6.07, 6.45) is 7.77. The fourth-order valence-electron chi connectivity index (χ4n) is 2.49. The van der Waals surface area contributed by atoms with Crippen LogP contribution >= 0.6 is 0 Å². The first-order valence-electron chi connectivity index (χ1n) is 7.74. The number of rotatable bonds is 8. The monoisotopic (exact) mass is 276 g/mol. The molecule has 1 aromatic rings. The normalized spacial score (nSPS) is 13.2. The van der Waals surface area contributed by atoms with Gasteiger partial charge in [-0.3, -0.25) is 4.79 Å². The Morgan fingerprint density at radius 1 is 1.05 bits per heavy atom. The summed E-state index contributed by atoms with van der Waals surface area (Å²) in [6.45, 7) is 3.29. The summed E-state index contributed by atoms with van der Waals surface area (Å²) in [5.74, 6) is 1.50. The molecule has 1 aromatic carbocycles. The van der Waals surface area contributed by atoms with E-state index in [1.165, 1.54) is 25.7 Å². The van der Waals surface area contributed by atoms with Crippen molar-refractivity contribution >= 4 is 5.78 Å². The van der Waals surface area contributed by atoms with E-state index in [1.54, 1.807) is 0 Å². The molecule has 1 aliphatic heterocycles. The number of hydrogen-bond acceptors (Lipinski definition) is 3. The van der Waals surface area contributed by atoms with Crippen LogP contribution in [0.2, 0.25) is 0 Å². The van der Waals surface area contributed by atoms with Crippen molar-refractivity contribution in [3.8, 4) is 11.5 Å². The van der Waals surface area contributed by atoms with E-state index in [1.807, 2.05) is 18.2 Å². The standard InChI is InChI=1S/C17H24O3/c1-2-3-4-5-6-7-10-15(18)14-9-8-11-16-17(14)20-13-12-19-16/h8-9,11H,2-7,10,12-13H2,1H3. The second-order valence-corrected chi connectivity index (χ2v) is 5.27. The maximum Gasteiger partial charge on any atom is 0.172 e. The molecule has 0 atom stereocenters. The molecule has 1 heterocycles. The van der Waals surface area contributed by atoms with Gasteiger partial charge in [0.25, 0.3) is 0 Å². The molecule has 3 nitrogen and oxygen atoms in total. The Kier molecular flexibility index (Phi) is 5.90. The van der Waals surface area contributed by atoms with Gasteiger partial charge in [-0.1, -0.05) is 45.1 Å². The highest BCUT2D eigenvalue weighted by molar-refractivity contribution is 5.99. The van der Waals surface area contributed by atoms with Crippen LogP contribution in [0.15, 0.2) is 18.2 Å². The highest BCUT2D eigenvalue weighted by Crippen LogP contribution is 2.34. The molecule has 20 heavy (non-hydrogen) atoms. The third kappa shape index (κ3) is 3.99. The molecule has 0 N–H and O–H groups in total. The average Bonchev–Trinajstić information content (AvgIpc) is 2.50. The summed E-state index contributed by atoms with van der Waals surface area (Å²) in [5, 5.41) is 0. The van der Waals surface area contributed by atoms with Gasteiger partial charge in [0, 0.05) is 6.42 Å². The van der Waals surface area contributed by atoms with E-state index in [2.05, 4.69) is 6.92 Å². The molecule has 0 saturated heterocycles. The van der Waals surface area contributed by atoms with Crippen LogP contribution in [0, 0.1) is 0 Å². The highest BCUT2D eigenvalue weighted by atomic mass is 16.6. The predicted molar refractivity (Wildman–Crippen MR) is 79.8 cm³/mol. The zero-order valence-electron chi connectivity index (χ0n) is 12.3. The van der Waals surface area contributed by atoms with Crippen LogP contribution in [0.5, 0.6) is 11.5 Å². The van der Waals surface area contributed by atoms with Crippen molar-refractivity contribution in [2.45, 2.75) is 51.9 Å². The summed E-state index contributed by atoms with van der Waals surface area (Å²) in [6, 6.07) is 5.56. The fraction of sp³-hybridized carbons (Fsp3) is 0.588. The molecule has 0 aliphatic carbocycles. The number of ether oxygens (including phenoxy) is 2. The van der Waals surface area contributed by atoms with Crippen LogP contribution in [-0.2, 0) is 0 Å². The van der Waals surface area contributed by atoms with Crippen LogP contribution in [0.3, 0.4) is 0 Å². The summed E-state index contributed by atoms with van der Waals surface area (Å²) < 4.78 is 11.1. The molecule has 0 spiro atoms. The molecule has 2 rings (SSSR count). The van der Waals surface area contributed by atoms with Crippen LogP contribution in [0.4, 0.5) is 0 Å². The van der Waals surface area contributed by atoms with Crippen molar-refractivity contribution in [1.29, 1.82) is 0 Å². The Morgan fingerprint density at radius 2 is 1.80 bits per heavy atom. The Balaban J connectivity index is 1.83. The van der Waals surface area contributed by atoms with Crippen molar-refractivity contribution in [2.75, 3.05) is 13.2 Å². The van der Waals surface area contributed by atoms with Crippen molar-refractivity contribution in [1.82, 2.24) is 0 Å². The van der Waals surface area contributed by atoms with Crippen LogP contribution in [0.1, 0.15) is 62.2 Å². The summed E-state index contributed by atoms with van der Waals surface area (Å²) >= 11 is 0. The molecule has 0 saturated carbocycles. The van der Waals surface area contributed by atoms with Crippen LogP contribution < -0.4 is 9.47 Å². The number of hydrogen-bond donors (Lipinski definition) is 0. The number of fused-ring (bicyclic) bond motifs is 1. The molecule has 3 heteroatoms. The van der Waals surface area contributed by atoms with E-state index in [-0.39, 0.29) is 5.78 Å². The number of carbonyl (C=O) groups excluding carboxylic acids is 1. The number of benzene rings is 1. The average molecular weight is 276 g/mol. The van der Waals surface area contributed by atoms with Crippen molar-refractivity contribution < 1.29 is 14.3 Å². The third-order valence-electron chi connectivity index (χ3n) is 3.62. The fourth-order valence-corrected chi connectivity index (χ4v) is 2.49. The molecule has 0 fully saturated rings. The van der Waals surface area contributed by atoms with Gasteiger partial charge in [0.05, 0.1) is 5.56 Å². The molecular formula is C17H24O3. The summed E-state index contributed by atoms with van der Waals surface area (Å²) in [5.41, 5.74) is 0.677. The lowest BCUT2D eigenvalue weighted by atomic mass is 10.0. The van der Waals surface area contributed by atoms with Gasteiger partial charge in [-0.2, -0.15) is 0 Å². The number of Topliss-reactive ketones (excluding diaryl/α,β-unsaturated/α-hetero) is 1. The lowest BCUT2D eigenvalue weighted by Gasteiger charge is -2.20. The Labute approximate surface area is 121 Å². The Morgan fingerprint density at radius 3 is 2.65 bits per heavy atom. The van der Waals surface area contributed by atoms with Gasteiger partial charge in [0.15, 0.2) is 17.3 Å². The van der Waals surface area contributed by atoms with Gasteiger partial charge < -0.3 is 9.47 Å². The summed E-state index contributed by atoms with van der Waals surface area (Å²) in [7, 11) is 0. The van der Waals surface area contributed by atoms with Gasteiger partial charge in [-0.15, -0.1) is 0 Å². The molecule has 0 amide bonds. The second kappa shape index (κ2) is 7.93. The zero-order chi connectivity index (χ0) is 14.2. The maximum absolute atomic E-state index is 12.3. The first-order chi connectivity index (χ1) is 9.83. The minimum atomic E-state index is 0.169. The lowest BCUT2D eigenvalue weighted by molar-refractivity contribution is 0.0968. The van der Waals surface area contributed by atoms with Gasteiger partial charge >= 0.3 is 0 Å². The minimum Gasteiger partial charge on any atom is -0.486 e. The van der Waals surface area contributed by atoms with Gasteiger partial charge in [0.2, 0.25) is 0 Å². The van der Waals surface area contributed by atoms with E-state index in [0.29, 0.717) is 36.7 Å². The van der Waals surface area contributed by atoms with Gasteiger partial charge in [-0.05, 0) is 18.6 Å². The predicted octanol–water partition coefficient (Wildman–Crippen LogP) is 4.39. The first-order valence-corrected chi connectivity index (χ1v) is 7.74. The van der Waals surface area contributed by atoms with Crippen molar-refractivity contribution in [2.24, 2.45) is 0 Å². The van der Waals surface area contributed by atoms with E-state index in [9.17, 15) is 4.79 Å². The molecular weight excluding hydrogens is 252 g/mol. The highest BCUT2D eigenvalue weighted by Gasteiger charge is 2.19. The first kappa shape index (κ1) is 14.9. The van der Waals surface area contributed by atoms with Gasteiger partial charge in [-0.25, -0.2) is 0 Å². The number of carbonyl (C=O) groups is 1. The quantitative estimate of drug-likeness (QED) is 0.522. The SMILES string of the molecule is CCCCCCCCC(=O)c1cccc2c1OCCO2. The van der Waals surface area contributed by atoms with Crippen molar-refractivity contribution in [3.05, 3.63) is 23.8 Å².